The molecular formula is C18H25FN4O2. The standard InChI is InChI=1S/C18H25FN4O2/c1-13(14-4-2-5-15(19)12-14)21-8-10-22(11-9-21)17(24)16-6-3-7-23(16)18(20)25/h2,4-5,12-13,16H,3,6-11H2,1H3,(H2,20,25)/t13-,16+/m1/s1. The van der Waals surface area contributed by atoms with E-state index in [4.69, 9.17) is 5.73 Å². The van der Waals surface area contributed by atoms with Gasteiger partial charge in [-0.3, -0.25) is 9.69 Å². The Morgan fingerprint density at radius 2 is 1.92 bits per heavy atom. The third kappa shape index (κ3) is 3.76. The molecule has 2 heterocycles. The second-order valence-electron chi connectivity index (χ2n) is 6.78. The van der Waals surface area contributed by atoms with Crippen LogP contribution in [0.4, 0.5) is 9.18 Å². The predicted molar refractivity (Wildman–Crippen MR) is 92.3 cm³/mol. The lowest BCUT2D eigenvalue weighted by Crippen LogP contribution is -2.55. The molecule has 3 amide bonds. The Kier molecular flexibility index (Phi) is 5.22. The molecule has 0 radical (unpaired) electrons. The number of halogens is 1. The van der Waals surface area contributed by atoms with Gasteiger partial charge in [-0.25, -0.2) is 9.18 Å². The zero-order valence-electron chi connectivity index (χ0n) is 14.5. The second kappa shape index (κ2) is 7.39. The molecule has 2 atom stereocenters. The smallest absolute Gasteiger partial charge is 0.315 e. The van der Waals surface area contributed by atoms with Crippen LogP contribution < -0.4 is 5.73 Å². The Morgan fingerprint density at radius 1 is 1.20 bits per heavy atom. The van der Waals surface area contributed by atoms with E-state index in [2.05, 4.69) is 11.8 Å². The average molecular weight is 348 g/mol. The van der Waals surface area contributed by atoms with E-state index in [0.29, 0.717) is 26.1 Å². The lowest BCUT2D eigenvalue weighted by atomic mass is 10.1. The topological polar surface area (TPSA) is 69.9 Å². The molecule has 2 N–H and O–H groups in total. The van der Waals surface area contributed by atoms with Gasteiger partial charge in [0.25, 0.3) is 0 Å². The maximum absolute atomic E-state index is 13.4. The summed E-state index contributed by atoms with van der Waals surface area (Å²) in [5, 5.41) is 0. The zero-order chi connectivity index (χ0) is 18.0. The summed E-state index contributed by atoms with van der Waals surface area (Å²) in [5.74, 6) is -0.236. The highest BCUT2D eigenvalue weighted by molar-refractivity contribution is 5.87. The SMILES string of the molecule is C[C@H](c1cccc(F)c1)N1CCN(C(=O)[C@@H]2CCCN2C(N)=O)CC1. The van der Waals surface area contributed by atoms with Crippen molar-refractivity contribution in [2.45, 2.75) is 31.8 Å². The summed E-state index contributed by atoms with van der Waals surface area (Å²) in [6, 6.07) is 5.82. The Hall–Kier alpha value is -2.15. The highest BCUT2D eigenvalue weighted by Crippen LogP contribution is 2.24. The molecule has 2 saturated heterocycles. The van der Waals surface area contributed by atoms with Gasteiger partial charge < -0.3 is 15.5 Å². The van der Waals surface area contributed by atoms with E-state index in [0.717, 1.165) is 25.1 Å². The van der Waals surface area contributed by atoms with Crippen LogP contribution in [-0.4, -0.2) is 65.4 Å². The highest BCUT2D eigenvalue weighted by Gasteiger charge is 2.36. The fourth-order valence-electron chi connectivity index (χ4n) is 3.80. The van der Waals surface area contributed by atoms with Gasteiger partial charge in [-0.2, -0.15) is 0 Å². The molecule has 7 heteroatoms. The van der Waals surface area contributed by atoms with Crippen LogP contribution in [0.15, 0.2) is 24.3 Å². The number of hydrogen-bond acceptors (Lipinski definition) is 3. The number of urea groups is 1. The van der Waals surface area contributed by atoms with Crippen molar-refractivity contribution < 1.29 is 14.0 Å². The first-order valence-electron chi connectivity index (χ1n) is 8.81. The van der Waals surface area contributed by atoms with E-state index in [-0.39, 0.29) is 17.8 Å². The van der Waals surface area contributed by atoms with Crippen LogP contribution >= 0.6 is 0 Å². The largest absolute Gasteiger partial charge is 0.351 e. The first-order chi connectivity index (χ1) is 12.0. The number of rotatable bonds is 3. The summed E-state index contributed by atoms with van der Waals surface area (Å²) < 4.78 is 13.4. The molecule has 0 spiro atoms. The van der Waals surface area contributed by atoms with Crippen LogP contribution in [-0.2, 0) is 4.79 Å². The van der Waals surface area contributed by atoms with Crippen molar-refractivity contribution in [2.24, 2.45) is 5.73 Å². The van der Waals surface area contributed by atoms with Crippen LogP contribution in [0.5, 0.6) is 0 Å². The number of primary amides is 1. The molecule has 136 valence electrons. The van der Waals surface area contributed by atoms with Crippen molar-refractivity contribution in [3.05, 3.63) is 35.6 Å². The summed E-state index contributed by atoms with van der Waals surface area (Å²) >= 11 is 0. The fraction of sp³-hybridized carbons (Fsp3) is 0.556. The number of piperazine rings is 1. The van der Waals surface area contributed by atoms with E-state index in [9.17, 15) is 14.0 Å². The molecule has 0 unspecified atom stereocenters. The van der Waals surface area contributed by atoms with Crippen LogP contribution in [0.1, 0.15) is 31.4 Å². The van der Waals surface area contributed by atoms with E-state index in [1.807, 2.05) is 11.0 Å². The molecule has 6 nitrogen and oxygen atoms in total. The molecule has 2 aliphatic heterocycles. The number of nitrogens with two attached hydrogens (primary N) is 1. The fourth-order valence-corrected chi connectivity index (χ4v) is 3.80. The van der Waals surface area contributed by atoms with Crippen molar-refractivity contribution in [3.8, 4) is 0 Å². The Bertz CT molecular complexity index is 646. The maximum Gasteiger partial charge on any atom is 0.315 e. The molecule has 0 saturated carbocycles. The van der Waals surface area contributed by atoms with Crippen LogP contribution in [0, 0.1) is 5.82 Å². The minimum Gasteiger partial charge on any atom is -0.351 e. The predicted octanol–water partition coefficient (Wildman–Crippen LogP) is 1.57. The van der Waals surface area contributed by atoms with E-state index in [1.165, 1.54) is 11.0 Å². The molecule has 25 heavy (non-hydrogen) atoms. The van der Waals surface area contributed by atoms with Gasteiger partial charge in [0.1, 0.15) is 11.9 Å². The number of carbonyl (C=O) groups excluding carboxylic acids is 2. The normalized spacial score (nSPS) is 22.9. The summed E-state index contributed by atoms with van der Waals surface area (Å²) in [6.45, 7) is 5.29. The van der Waals surface area contributed by atoms with Gasteiger partial charge in [-0.15, -0.1) is 0 Å². The second-order valence-corrected chi connectivity index (χ2v) is 6.78. The first kappa shape index (κ1) is 17.7. The molecule has 2 fully saturated rings. The summed E-state index contributed by atoms with van der Waals surface area (Å²) in [4.78, 5) is 29.7. The highest BCUT2D eigenvalue weighted by atomic mass is 19.1. The molecule has 3 rings (SSSR count). The quantitative estimate of drug-likeness (QED) is 0.901. The van der Waals surface area contributed by atoms with Crippen molar-refractivity contribution in [1.29, 1.82) is 0 Å². The van der Waals surface area contributed by atoms with Gasteiger partial charge in [0.15, 0.2) is 0 Å². The number of benzene rings is 1. The molecule has 1 aromatic carbocycles. The molecule has 1 aromatic rings. The molecule has 0 aromatic heterocycles. The lowest BCUT2D eigenvalue weighted by Gasteiger charge is -2.39. The number of likely N-dealkylation sites (tertiary alicyclic amines) is 1. The minimum absolute atomic E-state index is 0.00522. The van der Waals surface area contributed by atoms with Gasteiger partial charge in [0, 0.05) is 38.8 Å². The Morgan fingerprint density at radius 3 is 2.56 bits per heavy atom. The van der Waals surface area contributed by atoms with Crippen LogP contribution in [0.3, 0.4) is 0 Å². The summed E-state index contributed by atoms with van der Waals surface area (Å²) in [5.41, 5.74) is 6.31. The average Bonchev–Trinajstić information content (AvgIpc) is 3.10. The molecule has 0 bridgehead atoms. The minimum atomic E-state index is -0.519. The molecule has 0 aliphatic carbocycles. The van der Waals surface area contributed by atoms with Gasteiger partial charge in [0.2, 0.25) is 5.91 Å². The third-order valence-corrected chi connectivity index (χ3v) is 5.33. The van der Waals surface area contributed by atoms with E-state index in [1.54, 1.807) is 12.1 Å². The van der Waals surface area contributed by atoms with Crippen molar-refractivity contribution >= 4 is 11.9 Å². The van der Waals surface area contributed by atoms with Crippen LogP contribution in [0.2, 0.25) is 0 Å². The summed E-state index contributed by atoms with van der Waals surface area (Å²) in [7, 11) is 0. The molecule has 2 aliphatic rings. The van der Waals surface area contributed by atoms with E-state index >= 15 is 0 Å². The number of nitrogens with zero attached hydrogens (tertiary/aromatic N) is 3. The zero-order valence-corrected chi connectivity index (χ0v) is 14.5. The van der Waals surface area contributed by atoms with Gasteiger partial charge in [-0.05, 0) is 37.5 Å². The van der Waals surface area contributed by atoms with Crippen molar-refractivity contribution in [2.75, 3.05) is 32.7 Å². The summed E-state index contributed by atoms with van der Waals surface area (Å²) in [6.07, 6.45) is 1.50. The molecular weight excluding hydrogens is 323 g/mol. The lowest BCUT2D eigenvalue weighted by molar-refractivity contribution is -0.137. The van der Waals surface area contributed by atoms with Gasteiger partial charge in [-0.1, -0.05) is 12.1 Å². The number of amides is 3. The first-order valence-corrected chi connectivity index (χ1v) is 8.81. The third-order valence-electron chi connectivity index (χ3n) is 5.33. The van der Waals surface area contributed by atoms with Crippen LogP contribution in [0.25, 0.3) is 0 Å². The van der Waals surface area contributed by atoms with Crippen molar-refractivity contribution in [1.82, 2.24) is 14.7 Å². The van der Waals surface area contributed by atoms with Crippen molar-refractivity contribution in [3.63, 3.8) is 0 Å². The monoisotopic (exact) mass is 348 g/mol. The van der Waals surface area contributed by atoms with Gasteiger partial charge >= 0.3 is 6.03 Å². The van der Waals surface area contributed by atoms with Gasteiger partial charge in [0.05, 0.1) is 0 Å². The Balaban J connectivity index is 1.58. The Labute approximate surface area is 147 Å². The van der Waals surface area contributed by atoms with E-state index < -0.39 is 12.1 Å². The number of carbonyl (C=O) groups is 2. The maximum atomic E-state index is 13.4. The number of hydrogen-bond donors (Lipinski definition) is 1.